The van der Waals surface area contributed by atoms with Gasteiger partial charge in [-0.15, -0.1) is 11.3 Å². The summed E-state index contributed by atoms with van der Waals surface area (Å²) < 4.78 is 0. The summed E-state index contributed by atoms with van der Waals surface area (Å²) in [6.45, 7) is 2.05. The molecule has 2 atom stereocenters. The highest BCUT2D eigenvalue weighted by molar-refractivity contribution is 7.12. The van der Waals surface area contributed by atoms with Gasteiger partial charge in [-0.3, -0.25) is 25.4 Å². The Morgan fingerprint density at radius 3 is 2.81 bits per heavy atom. The number of carbonyl (C=O) groups is 2. The molecule has 2 aromatic heterocycles. The molecule has 7 heteroatoms. The number of aryl methyl sites for hydroxylation is 1. The number of hydrogen-bond acceptors (Lipinski definition) is 5. The molecule has 2 amide bonds. The van der Waals surface area contributed by atoms with Gasteiger partial charge < -0.3 is 0 Å². The second-order valence-electron chi connectivity index (χ2n) is 4.93. The van der Waals surface area contributed by atoms with Crippen molar-refractivity contribution < 1.29 is 9.59 Å². The maximum atomic E-state index is 12.0. The SMILES string of the molecule is Cc1ccc([C@@H]2C[C@H]2C(=O)NNC(=O)c2cnccn2)s1. The smallest absolute Gasteiger partial charge is 0.273 e. The van der Waals surface area contributed by atoms with Crippen LogP contribution in [-0.4, -0.2) is 21.8 Å². The number of hydrazine groups is 1. The fourth-order valence-corrected chi connectivity index (χ4v) is 3.20. The quantitative estimate of drug-likeness (QED) is 0.840. The third-order valence-corrected chi connectivity index (χ3v) is 4.48. The van der Waals surface area contributed by atoms with Crippen LogP contribution >= 0.6 is 11.3 Å². The minimum Gasteiger partial charge on any atom is -0.273 e. The van der Waals surface area contributed by atoms with Crippen molar-refractivity contribution in [1.82, 2.24) is 20.8 Å². The zero-order valence-electron chi connectivity index (χ0n) is 11.4. The lowest BCUT2D eigenvalue weighted by Crippen LogP contribution is -2.42. The summed E-state index contributed by atoms with van der Waals surface area (Å²) in [5.41, 5.74) is 4.97. The standard InChI is InChI=1S/C14H14N4O2S/c1-8-2-3-12(21-8)9-6-10(9)13(19)17-18-14(20)11-7-15-4-5-16-11/h2-5,7,9-10H,6H2,1H3,(H,17,19)(H,18,20)/t9-,10-/m1/s1. The zero-order chi connectivity index (χ0) is 14.8. The van der Waals surface area contributed by atoms with Crippen LogP contribution in [0.25, 0.3) is 0 Å². The number of hydrogen-bond donors (Lipinski definition) is 2. The van der Waals surface area contributed by atoms with E-state index in [0.29, 0.717) is 0 Å². The van der Waals surface area contributed by atoms with Gasteiger partial charge in [-0.05, 0) is 25.5 Å². The van der Waals surface area contributed by atoms with Crippen LogP contribution in [0.15, 0.2) is 30.7 Å². The Morgan fingerprint density at radius 1 is 1.29 bits per heavy atom. The maximum absolute atomic E-state index is 12.0. The van der Waals surface area contributed by atoms with Gasteiger partial charge in [0.05, 0.1) is 6.20 Å². The van der Waals surface area contributed by atoms with Gasteiger partial charge in [0, 0.05) is 34.0 Å². The van der Waals surface area contributed by atoms with Crippen molar-refractivity contribution in [2.24, 2.45) is 5.92 Å². The highest BCUT2D eigenvalue weighted by Crippen LogP contribution is 2.49. The first-order chi connectivity index (χ1) is 10.1. The van der Waals surface area contributed by atoms with E-state index in [2.05, 4.69) is 33.0 Å². The molecule has 6 nitrogen and oxygen atoms in total. The first kappa shape index (κ1) is 13.7. The van der Waals surface area contributed by atoms with Crippen LogP contribution in [0.5, 0.6) is 0 Å². The van der Waals surface area contributed by atoms with Crippen molar-refractivity contribution in [1.29, 1.82) is 0 Å². The third kappa shape index (κ3) is 3.08. The van der Waals surface area contributed by atoms with Crippen LogP contribution in [0.1, 0.15) is 32.6 Å². The van der Waals surface area contributed by atoms with Crippen molar-refractivity contribution >= 4 is 23.2 Å². The minimum absolute atomic E-state index is 0.0646. The molecule has 2 aromatic rings. The number of rotatable bonds is 3. The fraction of sp³-hybridized carbons (Fsp3) is 0.286. The van der Waals surface area contributed by atoms with Crippen LogP contribution in [-0.2, 0) is 4.79 Å². The second kappa shape index (κ2) is 5.61. The number of thiophene rings is 1. The first-order valence-electron chi connectivity index (χ1n) is 6.57. The average Bonchev–Trinajstić information content (AvgIpc) is 3.20. The molecule has 0 aromatic carbocycles. The number of nitrogens with one attached hydrogen (secondary N) is 2. The maximum Gasteiger partial charge on any atom is 0.289 e. The Bertz CT molecular complexity index is 671. The van der Waals surface area contributed by atoms with Crippen LogP contribution in [0.4, 0.5) is 0 Å². The van der Waals surface area contributed by atoms with E-state index in [1.54, 1.807) is 11.3 Å². The summed E-state index contributed by atoms with van der Waals surface area (Å²) in [5.74, 6) is -0.425. The summed E-state index contributed by atoms with van der Waals surface area (Å²) >= 11 is 1.72. The highest BCUT2D eigenvalue weighted by Gasteiger charge is 2.44. The molecule has 2 heterocycles. The molecule has 1 fully saturated rings. The highest BCUT2D eigenvalue weighted by atomic mass is 32.1. The third-order valence-electron chi connectivity index (χ3n) is 3.35. The Labute approximate surface area is 125 Å². The summed E-state index contributed by atoms with van der Waals surface area (Å²) in [6.07, 6.45) is 5.07. The van der Waals surface area contributed by atoms with Crippen molar-refractivity contribution in [3.05, 3.63) is 46.2 Å². The minimum atomic E-state index is -0.472. The lowest BCUT2D eigenvalue weighted by atomic mass is 10.2. The Balaban J connectivity index is 1.51. The Kier molecular flexibility index (Phi) is 3.66. The van der Waals surface area contributed by atoms with Crippen molar-refractivity contribution in [3.8, 4) is 0 Å². The molecule has 21 heavy (non-hydrogen) atoms. The molecular formula is C14H14N4O2S. The normalized spacial score (nSPS) is 19.9. The van der Waals surface area contributed by atoms with Crippen LogP contribution in [0.3, 0.4) is 0 Å². The van der Waals surface area contributed by atoms with Crippen molar-refractivity contribution in [2.45, 2.75) is 19.3 Å². The topological polar surface area (TPSA) is 84.0 Å². The lowest BCUT2D eigenvalue weighted by Gasteiger charge is -2.06. The molecule has 1 aliphatic carbocycles. The zero-order valence-corrected chi connectivity index (χ0v) is 12.2. The number of nitrogens with zero attached hydrogens (tertiary/aromatic N) is 2. The van der Waals surface area contributed by atoms with Gasteiger partial charge in [-0.2, -0.15) is 0 Å². The molecule has 0 aliphatic heterocycles. The van der Waals surface area contributed by atoms with E-state index in [-0.39, 0.29) is 23.4 Å². The van der Waals surface area contributed by atoms with E-state index < -0.39 is 5.91 Å². The predicted molar refractivity (Wildman–Crippen MR) is 77.5 cm³/mol. The second-order valence-corrected chi connectivity index (χ2v) is 6.25. The summed E-state index contributed by atoms with van der Waals surface area (Å²) in [4.78, 5) is 33.8. The molecule has 1 aliphatic rings. The monoisotopic (exact) mass is 302 g/mol. The van der Waals surface area contributed by atoms with E-state index in [1.807, 2.05) is 6.92 Å². The first-order valence-corrected chi connectivity index (χ1v) is 7.39. The van der Waals surface area contributed by atoms with Crippen molar-refractivity contribution in [3.63, 3.8) is 0 Å². The molecule has 1 saturated carbocycles. The molecule has 0 saturated heterocycles. The van der Waals surface area contributed by atoms with Crippen LogP contribution in [0.2, 0.25) is 0 Å². The van der Waals surface area contributed by atoms with E-state index in [9.17, 15) is 9.59 Å². The lowest BCUT2D eigenvalue weighted by molar-refractivity contribution is -0.123. The van der Waals surface area contributed by atoms with Crippen LogP contribution < -0.4 is 10.9 Å². The van der Waals surface area contributed by atoms with Gasteiger partial charge in [0.2, 0.25) is 5.91 Å². The molecule has 2 N–H and O–H groups in total. The predicted octanol–water partition coefficient (Wildman–Crippen LogP) is 1.41. The fourth-order valence-electron chi connectivity index (χ4n) is 2.14. The Hall–Kier alpha value is -2.28. The summed E-state index contributed by atoms with van der Waals surface area (Å²) in [6, 6.07) is 4.12. The average molecular weight is 302 g/mol. The number of amides is 2. The van der Waals surface area contributed by atoms with Gasteiger partial charge in [-0.25, -0.2) is 4.98 Å². The van der Waals surface area contributed by atoms with Crippen LogP contribution in [0, 0.1) is 12.8 Å². The molecule has 3 rings (SSSR count). The molecule has 0 radical (unpaired) electrons. The van der Waals surface area contributed by atoms with Gasteiger partial charge in [-0.1, -0.05) is 0 Å². The number of carbonyl (C=O) groups excluding carboxylic acids is 2. The molecular weight excluding hydrogens is 288 g/mol. The molecule has 0 bridgehead atoms. The molecule has 0 unspecified atom stereocenters. The van der Waals surface area contributed by atoms with E-state index >= 15 is 0 Å². The molecule has 108 valence electrons. The largest absolute Gasteiger partial charge is 0.289 e. The van der Waals surface area contributed by atoms with E-state index in [4.69, 9.17) is 0 Å². The number of aromatic nitrogens is 2. The Morgan fingerprint density at radius 2 is 2.14 bits per heavy atom. The van der Waals surface area contributed by atoms with Gasteiger partial charge >= 0.3 is 0 Å². The van der Waals surface area contributed by atoms with E-state index in [1.165, 1.54) is 28.3 Å². The van der Waals surface area contributed by atoms with E-state index in [0.717, 1.165) is 6.42 Å². The summed E-state index contributed by atoms with van der Waals surface area (Å²) in [7, 11) is 0. The van der Waals surface area contributed by atoms with Gasteiger partial charge in [0.15, 0.2) is 0 Å². The molecule has 0 spiro atoms. The van der Waals surface area contributed by atoms with Gasteiger partial charge in [0.1, 0.15) is 5.69 Å². The van der Waals surface area contributed by atoms with Crippen molar-refractivity contribution in [2.75, 3.05) is 0 Å². The summed E-state index contributed by atoms with van der Waals surface area (Å²) in [5, 5.41) is 0. The van der Waals surface area contributed by atoms with Gasteiger partial charge in [0.25, 0.3) is 5.91 Å².